The summed E-state index contributed by atoms with van der Waals surface area (Å²) in [6.07, 6.45) is 0. The fraction of sp³-hybridized carbons (Fsp3) is 0. The van der Waals surface area contributed by atoms with Gasteiger partial charge in [0.2, 0.25) is 0 Å². The number of hydrogen-bond acceptors (Lipinski definition) is 4. The molecule has 0 aromatic heterocycles. The molecular weight excluding hydrogens is 391 g/mol. The first-order valence-corrected chi connectivity index (χ1v) is 0. The van der Waals surface area contributed by atoms with E-state index in [9.17, 15) is 0 Å². The van der Waals surface area contributed by atoms with E-state index >= 15 is 0 Å². The first-order valence-electron chi connectivity index (χ1n) is 0. The Morgan fingerprint density at radius 1 is 0.182 bits per heavy atom. The Bertz CT molecular complexity index is 10.4. The van der Waals surface area contributed by atoms with Crippen LogP contribution in [0.2, 0.25) is 0 Å². The first-order chi connectivity index (χ1) is 0. The van der Waals surface area contributed by atoms with Crippen molar-refractivity contribution in [2.24, 2.45) is 0 Å². The number of rotatable bonds is 0. The topological polar surface area (TPSA) is 140 Å². The molecule has 0 atom stereocenters. The van der Waals surface area contributed by atoms with E-state index in [4.69, 9.17) is 0 Å². The summed E-state index contributed by atoms with van der Waals surface area (Å²) in [5, 5.41) is 0. The molecule has 0 fully saturated rings. The third-order valence-electron chi connectivity index (χ3n) is 0. The van der Waals surface area contributed by atoms with Gasteiger partial charge in [-0.2, -0.15) is 0 Å². The quantitative estimate of drug-likeness (QED) is 0.441. The van der Waals surface area contributed by atoms with Gasteiger partial charge in [-0.1, -0.05) is 0 Å². The Morgan fingerprint density at radius 3 is 0.182 bits per heavy atom. The van der Waals surface area contributed by atoms with E-state index in [-0.39, 0.29) is 177 Å². The molecule has 0 rings (SSSR count). The summed E-state index contributed by atoms with van der Waals surface area (Å²) in [7, 11) is 0. The van der Waals surface area contributed by atoms with E-state index in [2.05, 4.69) is 0 Å². The van der Waals surface area contributed by atoms with E-state index in [0.29, 0.717) is 0 Å². The van der Waals surface area contributed by atoms with Gasteiger partial charge in [-0.25, -0.2) is 0 Å². The zero-order valence-corrected chi connectivity index (χ0v) is 17.3. The molecule has 0 aliphatic carbocycles. The molecule has 4 nitrogen and oxygen atoms in total. The molecular formula is H12N4Ti7. The van der Waals surface area contributed by atoms with Gasteiger partial charge in [-0.05, 0) is 0 Å². The first kappa shape index (κ1) is 149. The van der Waals surface area contributed by atoms with Gasteiger partial charge in [0.1, 0.15) is 0 Å². The fourth-order valence-corrected chi connectivity index (χ4v) is 0. The van der Waals surface area contributed by atoms with Gasteiger partial charge in [0, 0.05) is 152 Å². The van der Waals surface area contributed by atoms with Crippen LogP contribution in [0, 0.1) is 0 Å². The summed E-state index contributed by atoms with van der Waals surface area (Å²) in [6, 6.07) is 0. The van der Waals surface area contributed by atoms with Gasteiger partial charge in [-0.15, -0.1) is 0 Å². The van der Waals surface area contributed by atoms with Gasteiger partial charge in [0.05, 0.1) is 0 Å². The second-order valence-electron chi connectivity index (χ2n) is 0. The van der Waals surface area contributed by atoms with Crippen molar-refractivity contribution in [3.8, 4) is 0 Å². The molecule has 0 aromatic carbocycles. The van der Waals surface area contributed by atoms with Crippen molar-refractivity contribution in [1.82, 2.24) is 24.6 Å². The van der Waals surface area contributed by atoms with Crippen molar-refractivity contribution in [3.05, 3.63) is 0 Å². The SMILES string of the molecule is N.N.N.N.[Ti].[Ti].[Ti].[Ti].[Ti].[Ti].[Ti]. The summed E-state index contributed by atoms with van der Waals surface area (Å²) in [5.74, 6) is 0. The van der Waals surface area contributed by atoms with Gasteiger partial charge in [0.25, 0.3) is 0 Å². The maximum absolute atomic E-state index is 0. The Hall–Kier alpha value is 4.84. The van der Waals surface area contributed by atoms with Crippen LogP contribution in [0.1, 0.15) is 0 Å². The zero-order chi connectivity index (χ0) is 0. The van der Waals surface area contributed by atoms with Crippen LogP contribution in [-0.2, 0) is 152 Å². The van der Waals surface area contributed by atoms with Gasteiger partial charge >= 0.3 is 0 Å². The average Bonchev–Trinajstić information content (AvgIpc) is 0. The molecule has 0 saturated heterocycles. The minimum Gasteiger partial charge on any atom is -0.344 e. The van der Waals surface area contributed by atoms with Crippen molar-refractivity contribution >= 4 is 0 Å². The molecule has 11 heteroatoms. The summed E-state index contributed by atoms with van der Waals surface area (Å²) in [5.41, 5.74) is 0. The van der Waals surface area contributed by atoms with Crippen molar-refractivity contribution in [2.45, 2.75) is 0 Å². The molecule has 0 bridgehead atoms. The third-order valence-corrected chi connectivity index (χ3v) is 0. The van der Waals surface area contributed by atoms with Crippen molar-refractivity contribution < 1.29 is 152 Å². The Kier molecular flexibility index (Phi) is 1640. The molecule has 12 N–H and O–H groups in total. The maximum atomic E-state index is 0. The summed E-state index contributed by atoms with van der Waals surface area (Å²) in [4.78, 5) is 0. The van der Waals surface area contributed by atoms with Gasteiger partial charge in [-0.3, -0.25) is 0 Å². The molecule has 0 radical (unpaired) electrons. The zero-order valence-electron chi connectivity index (χ0n) is 6.33. The smallest absolute Gasteiger partial charge is 0 e. The molecule has 0 amide bonds. The van der Waals surface area contributed by atoms with Crippen LogP contribution in [0.5, 0.6) is 0 Å². The van der Waals surface area contributed by atoms with E-state index in [0.717, 1.165) is 0 Å². The minimum absolute atomic E-state index is 0. The normalized spacial score (nSPS) is 0. The summed E-state index contributed by atoms with van der Waals surface area (Å²) in [6.45, 7) is 0. The van der Waals surface area contributed by atoms with Crippen LogP contribution in [-0.4, -0.2) is 0 Å². The molecule has 0 heterocycles. The molecule has 0 saturated carbocycles. The molecule has 0 aliphatic rings. The fourth-order valence-electron chi connectivity index (χ4n) is 0. The largest absolute Gasteiger partial charge is 0.344 e. The van der Waals surface area contributed by atoms with Crippen LogP contribution < -0.4 is 24.6 Å². The Balaban J connectivity index is 0. The van der Waals surface area contributed by atoms with Crippen LogP contribution in [0.3, 0.4) is 0 Å². The molecule has 11 heavy (non-hydrogen) atoms. The monoisotopic (exact) mass is 404 g/mol. The third kappa shape index (κ3) is 104. The van der Waals surface area contributed by atoms with E-state index in [1.807, 2.05) is 0 Å². The van der Waals surface area contributed by atoms with Crippen molar-refractivity contribution in [3.63, 3.8) is 0 Å². The predicted octanol–water partition coefficient (Wildman–Crippen LogP) is 0.630. The van der Waals surface area contributed by atoms with Gasteiger partial charge < -0.3 is 24.6 Å². The van der Waals surface area contributed by atoms with Crippen molar-refractivity contribution in [2.75, 3.05) is 0 Å². The molecule has 0 aliphatic heterocycles. The van der Waals surface area contributed by atoms with E-state index in [1.165, 1.54) is 0 Å². The molecule has 0 spiro atoms. The summed E-state index contributed by atoms with van der Waals surface area (Å²) >= 11 is 0. The molecule has 60 valence electrons. The minimum atomic E-state index is 0. The second kappa shape index (κ2) is 121. The Labute approximate surface area is 173 Å². The van der Waals surface area contributed by atoms with E-state index < -0.39 is 0 Å². The standard InChI is InChI=1S/4H3N.7Ti/h4*1H3;;;;;;;. The Morgan fingerprint density at radius 2 is 0.182 bits per heavy atom. The number of hydrogen-bond donors (Lipinski definition) is 4. The van der Waals surface area contributed by atoms with Crippen molar-refractivity contribution in [1.29, 1.82) is 0 Å². The molecule has 0 aromatic rings. The van der Waals surface area contributed by atoms with Crippen LogP contribution in [0.15, 0.2) is 0 Å². The van der Waals surface area contributed by atoms with Gasteiger partial charge in [0.15, 0.2) is 0 Å². The second-order valence-corrected chi connectivity index (χ2v) is 0. The van der Waals surface area contributed by atoms with Crippen LogP contribution >= 0.6 is 0 Å². The van der Waals surface area contributed by atoms with Crippen LogP contribution in [0.4, 0.5) is 0 Å². The summed E-state index contributed by atoms with van der Waals surface area (Å²) < 4.78 is 0. The maximum Gasteiger partial charge on any atom is 0 e. The van der Waals surface area contributed by atoms with Crippen LogP contribution in [0.25, 0.3) is 0 Å². The molecule has 0 unspecified atom stereocenters. The average molecular weight is 403 g/mol. The predicted molar refractivity (Wildman–Crippen MR) is 20.1 cm³/mol. The van der Waals surface area contributed by atoms with E-state index in [1.54, 1.807) is 0 Å².